The van der Waals surface area contributed by atoms with Crippen molar-refractivity contribution in [1.29, 1.82) is 5.26 Å². The minimum Gasteiger partial charge on any atom is -0.369 e. The van der Waals surface area contributed by atoms with Gasteiger partial charge < -0.3 is 4.90 Å². The molecule has 0 spiro atoms. The highest BCUT2D eigenvalue weighted by molar-refractivity contribution is 5.64. The van der Waals surface area contributed by atoms with Crippen molar-refractivity contribution in [2.45, 2.75) is 19.3 Å². The molecular weight excluding hydrogens is 200 g/mol. The van der Waals surface area contributed by atoms with Crippen LogP contribution in [-0.4, -0.2) is 30.3 Å². The van der Waals surface area contributed by atoms with E-state index in [2.05, 4.69) is 16.0 Å². The first-order chi connectivity index (χ1) is 7.72. The van der Waals surface area contributed by atoms with Gasteiger partial charge in [-0.05, 0) is 30.4 Å². The Balaban J connectivity index is 2.44. The van der Waals surface area contributed by atoms with Crippen LogP contribution < -0.4 is 0 Å². The molecule has 1 aliphatic carbocycles. The second-order valence-electron chi connectivity index (χ2n) is 4.13. The summed E-state index contributed by atoms with van der Waals surface area (Å²) < 4.78 is 0. The summed E-state index contributed by atoms with van der Waals surface area (Å²) in [4.78, 5) is 10.3. The molecule has 0 unspecified atom stereocenters. The Morgan fingerprint density at radius 2 is 2.31 bits per heavy atom. The molecule has 0 amide bonds. The number of nitriles is 1. The summed E-state index contributed by atoms with van der Waals surface area (Å²) in [6.07, 6.45) is 6.66. The predicted molar refractivity (Wildman–Crippen MR) is 62.8 cm³/mol. The second kappa shape index (κ2) is 4.31. The first-order valence-electron chi connectivity index (χ1n) is 5.34. The van der Waals surface area contributed by atoms with Crippen LogP contribution in [0.15, 0.2) is 11.2 Å². The van der Waals surface area contributed by atoms with E-state index in [0.717, 1.165) is 24.8 Å². The van der Waals surface area contributed by atoms with Crippen LogP contribution in [0.1, 0.15) is 23.1 Å². The van der Waals surface area contributed by atoms with Crippen LogP contribution in [0.5, 0.6) is 0 Å². The third-order valence-corrected chi connectivity index (χ3v) is 2.65. The molecule has 0 bridgehead atoms. The molecule has 0 atom stereocenters. The van der Waals surface area contributed by atoms with E-state index in [1.165, 1.54) is 5.56 Å². The maximum absolute atomic E-state index is 9.17. The van der Waals surface area contributed by atoms with Crippen molar-refractivity contribution in [2.24, 2.45) is 4.99 Å². The van der Waals surface area contributed by atoms with Crippen LogP contribution in [0, 0.1) is 11.3 Å². The normalized spacial score (nSPS) is 13.8. The summed E-state index contributed by atoms with van der Waals surface area (Å²) in [7, 11) is 3.78. The molecule has 0 aromatic carbocycles. The highest BCUT2D eigenvalue weighted by Crippen LogP contribution is 2.29. The average molecular weight is 214 g/mol. The summed E-state index contributed by atoms with van der Waals surface area (Å²) in [6, 6.07) is 2.22. The highest BCUT2D eigenvalue weighted by Gasteiger charge is 2.18. The Morgan fingerprint density at radius 1 is 1.50 bits per heavy atom. The van der Waals surface area contributed by atoms with Crippen LogP contribution in [-0.2, 0) is 12.8 Å². The number of fused-ring (bicyclic) bond motifs is 1. The zero-order chi connectivity index (χ0) is 11.5. The Bertz CT molecular complexity index is 469. The maximum Gasteiger partial charge on any atom is 0.171 e. The molecule has 1 aromatic heterocycles. The van der Waals surface area contributed by atoms with Gasteiger partial charge in [0.1, 0.15) is 11.6 Å². The van der Waals surface area contributed by atoms with E-state index in [1.54, 1.807) is 6.34 Å². The van der Waals surface area contributed by atoms with Crippen LogP contribution in [0.4, 0.5) is 5.82 Å². The lowest BCUT2D eigenvalue weighted by atomic mass is 10.1. The fourth-order valence-electron chi connectivity index (χ4n) is 1.92. The summed E-state index contributed by atoms with van der Waals surface area (Å²) in [6.45, 7) is 0. The van der Waals surface area contributed by atoms with E-state index < -0.39 is 0 Å². The van der Waals surface area contributed by atoms with Gasteiger partial charge in [-0.25, -0.2) is 9.98 Å². The molecule has 1 aromatic rings. The van der Waals surface area contributed by atoms with E-state index in [-0.39, 0.29) is 0 Å². The molecule has 16 heavy (non-hydrogen) atoms. The van der Waals surface area contributed by atoms with Gasteiger partial charge in [-0.2, -0.15) is 5.26 Å². The van der Waals surface area contributed by atoms with Crippen LogP contribution in [0.25, 0.3) is 0 Å². The van der Waals surface area contributed by atoms with Crippen molar-refractivity contribution >= 4 is 12.2 Å². The van der Waals surface area contributed by atoms with Crippen molar-refractivity contribution in [2.75, 3.05) is 14.1 Å². The van der Waals surface area contributed by atoms with Crippen LogP contribution in [0.2, 0.25) is 0 Å². The first kappa shape index (κ1) is 10.6. The molecule has 0 saturated carbocycles. The van der Waals surface area contributed by atoms with Gasteiger partial charge in [-0.3, -0.25) is 0 Å². The van der Waals surface area contributed by atoms with Gasteiger partial charge >= 0.3 is 0 Å². The number of hydrogen-bond acceptors (Lipinski definition) is 3. The Morgan fingerprint density at radius 3 is 3.00 bits per heavy atom. The van der Waals surface area contributed by atoms with Crippen LogP contribution in [0.3, 0.4) is 0 Å². The molecule has 1 aliphatic rings. The molecule has 0 fully saturated rings. The van der Waals surface area contributed by atoms with E-state index in [0.29, 0.717) is 11.4 Å². The van der Waals surface area contributed by atoms with Crippen molar-refractivity contribution in [3.8, 4) is 6.07 Å². The molecule has 2 rings (SSSR count). The molecule has 82 valence electrons. The zero-order valence-corrected chi connectivity index (χ0v) is 9.56. The van der Waals surface area contributed by atoms with Gasteiger partial charge in [-0.15, -0.1) is 0 Å². The number of nitrogens with zero attached hydrogens (tertiary/aromatic N) is 4. The highest BCUT2D eigenvalue weighted by atomic mass is 15.1. The largest absolute Gasteiger partial charge is 0.369 e. The Labute approximate surface area is 95.2 Å². The second-order valence-corrected chi connectivity index (χ2v) is 4.13. The quantitative estimate of drug-likeness (QED) is 0.555. The number of aryl methyl sites for hydroxylation is 1. The lowest BCUT2D eigenvalue weighted by molar-refractivity contribution is 0.643. The molecule has 0 radical (unpaired) electrons. The number of hydrogen-bond donors (Lipinski definition) is 0. The number of aliphatic imine (C=N–C) groups is 1. The lowest BCUT2D eigenvalue weighted by Crippen LogP contribution is -2.07. The SMILES string of the molecule is CN(C)C=Nc1ncc2c(c1C#N)CCC2. The Kier molecular flexibility index (Phi) is 2.86. The Hall–Kier alpha value is -1.89. The van der Waals surface area contributed by atoms with E-state index in [1.807, 2.05) is 25.2 Å². The van der Waals surface area contributed by atoms with Gasteiger partial charge in [-0.1, -0.05) is 0 Å². The molecule has 4 heteroatoms. The fourth-order valence-corrected chi connectivity index (χ4v) is 1.92. The minimum atomic E-state index is 0.539. The summed E-state index contributed by atoms with van der Waals surface area (Å²) in [5.41, 5.74) is 3.00. The van der Waals surface area contributed by atoms with E-state index in [9.17, 15) is 5.26 Å². The van der Waals surface area contributed by atoms with Gasteiger partial charge in [0.15, 0.2) is 5.82 Å². The molecule has 1 heterocycles. The van der Waals surface area contributed by atoms with Gasteiger partial charge in [0.2, 0.25) is 0 Å². The van der Waals surface area contributed by atoms with Crippen molar-refractivity contribution in [1.82, 2.24) is 9.88 Å². The van der Waals surface area contributed by atoms with Crippen molar-refractivity contribution in [3.63, 3.8) is 0 Å². The molecule has 4 nitrogen and oxygen atoms in total. The molecule has 0 saturated heterocycles. The van der Waals surface area contributed by atoms with Crippen molar-refractivity contribution < 1.29 is 0 Å². The smallest absolute Gasteiger partial charge is 0.171 e. The maximum atomic E-state index is 9.17. The summed E-state index contributed by atoms with van der Waals surface area (Å²) in [5.74, 6) is 0.539. The van der Waals surface area contributed by atoms with Crippen LogP contribution >= 0.6 is 0 Å². The number of aromatic nitrogens is 1. The standard InChI is InChI=1S/C12H14N4/c1-16(2)8-15-12-11(6-13)10-5-3-4-9(10)7-14-12/h7-8H,3-5H2,1-2H3. The van der Waals surface area contributed by atoms with E-state index in [4.69, 9.17) is 0 Å². The van der Waals surface area contributed by atoms with Gasteiger partial charge in [0, 0.05) is 20.3 Å². The number of rotatable bonds is 2. The number of pyridine rings is 1. The lowest BCUT2D eigenvalue weighted by Gasteiger charge is -2.05. The average Bonchev–Trinajstić information content (AvgIpc) is 2.73. The van der Waals surface area contributed by atoms with Gasteiger partial charge in [0.25, 0.3) is 0 Å². The topological polar surface area (TPSA) is 52.3 Å². The summed E-state index contributed by atoms with van der Waals surface area (Å²) in [5, 5.41) is 9.17. The monoisotopic (exact) mass is 214 g/mol. The third kappa shape index (κ3) is 1.89. The predicted octanol–water partition coefficient (Wildman–Crippen LogP) is 1.66. The fraction of sp³-hybridized carbons (Fsp3) is 0.417. The molecule has 0 N–H and O–H groups in total. The summed E-state index contributed by atoms with van der Waals surface area (Å²) >= 11 is 0. The zero-order valence-electron chi connectivity index (χ0n) is 9.56. The first-order valence-corrected chi connectivity index (χ1v) is 5.34. The van der Waals surface area contributed by atoms with Gasteiger partial charge in [0.05, 0.1) is 6.34 Å². The minimum absolute atomic E-state index is 0.539. The molecule has 0 aliphatic heterocycles. The van der Waals surface area contributed by atoms with Crippen molar-refractivity contribution in [3.05, 3.63) is 22.9 Å². The molecular formula is C12H14N4. The third-order valence-electron chi connectivity index (χ3n) is 2.65. The van der Waals surface area contributed by atoms with E-state index >= 15 is 0 Å².